The monoisotopic (exact) mass is 353 g/mol. The van der Waals surface area contributed by atoms with Crippen LogP contribution in [0.25, 0.3) is 0 Å². The van der Waals surface area contributed by atoms with Gasteiger partial charge in [0.15, 0.2) is 0 Å². The van der Waals surface area contributed by atoms with E-state index in [2.05, 4.69) is 4.98 Å². The summed E-state index contributed by atoms with van der Waals surface area (Å²) in [5.74, 6) is 1.09. The first kappa shape index (κ1) is 16.0. The van der Waals surface area contributed by atoms with E-state index in [0.29, 0.717) is 35.1 Å². The van der Waals surface area contributed by atoms with E-state index < -0.39 is 0 Å². The molecule has 1 fully saturated rings. The van der Waals surface area contributed by atoms with Gasteiger partial charge in [0.1, 0.15) is 5.78 Å². The zero-order valence-electron chi connectivity index (χ0n) is 12.1. The van der Waals surface area contributed by atoms with Crippen molar-refractivity contribution in [3.05, 3.63) is 49.9 Å². The van der Waals surface area contributed by atoms with Gasteiger partial charge in [-0.15, -0.1) is 11.3 Å². The Morgan fingerprint density at radius 1 is 1.27 bits per heavy atom. The number of hydrogen-bond donors (Lipinski definition) is 0. The molecule has 0 amide bonds. The molecule has 3 rings (SSSR count). The number of thiazole rings is 1. The molecule has 1 aromatic carbocycles. The predicted molar refractivity (Wildman–Crippen MR) is 92.1 cm³/mol. The molecule has 1 aliphatic rings. The van der Waals surface area contributed by atoms with E-state index in [1.54, 1.807) is 11.3 Å². The van der Waals surface area contributed by atoms with Crippen molar-refractivity contribution >= 4 is 40.3 Å². The molecule has 1 aromatic heterocycles. The van der Waals surface area contributed by atoms with E-state index >= 15 is 0 Å². The Hall–Kier alpha value is -0.900. The van der Waals surface area contributed by atoms with Crippen LogP contribution in [0.5, 0.6) is 0 Å². The summed E-state index contributed by atoms with van der Waals surface area (Å²) in [5, 5.41) is 4.23. The highest BCUT2D eigenvalue weighted by molar-refractivity contribution is 7.09. The molecule has 0 N–H and O–H groups in total. The lowest BCUT2D eigenvalue weighted by Crippen LogP contribution is -2.03. The van der Waals surface area contributed by atoms with Gasteiger partial charge in [-0.2, -0.15) is 0 Å². The van der Waals surface area contributed by atoms with Crippen LogP contribution >= 0.6 is 34.5 Å². The van der Waals surface area contributed by atoms with Crippen LogP contribution in [0, 0.1) is 5.92 Å². The quantitative estimate of drug-likeness (QED) is 0.672. The van der Waals surface area contributed by atoms with Crippen molar-refractivity contribution in [2.24, 2.45) is 5.92 Å². The van der Waals surface area contributed by atoms with Crippen LogP contribution < -0.4 is 0 Å². The molecule has 5 heteroatoms. The Bertz CT molecular complexity index is 659. The molecule has 0 bridgehead atoms. The molecule has 0 spiro atoms. The molecular weight excluding hydrogens is 337 g/mol. The molecule has 0 unspecified atom stereocenters. The number of rotatable bonds is 7. The Morgan fingerprint density at radius 2 is 2.00 bits per heavy atom. The highest BCUT2D eigenvalue weighted by atomic mass is 35.5. The zero-order valence-corrected chi connectivity index (χ0v) is 14.5. The second kappa shape index (κ2) is 7.12. The standard InChI is InChI=1S/C17H17Cl2NOS/c18-15-2-1-3-16(19)14(15)9-17-20-12(10-22-17)8-13(21)7-6-11-4-5-11/h1-3,10-11H,4-9H2. The number of nitrogens with zero attached hydrogens (tertiary/aromatic N) is 1. The SMILES string of the molecule is O=C(CCC1CC1)Cc1csc(Cc2c(Cl)cccc2Cl)n1. The summed E-state index contributed by atoms with van der Waals surface area (Å²) in [7, 11) is 0. The third-order valence-electron chi connectivity index (χ3n) is 3.90. The fraction of sp³-hybridized carbons (Fsp3) is 0.412. The van der Waals surface area contributed by atoms with Crippen molar-refractivity contribution in [2.75, 3.05) is 0 Å². The number of ketones is 1. The van der Waals surface area contributed by atoms with Gasteiger partial charge in [-0.25, -0.2) is 4.98 Å². The number of carbonyl (C=O) groups excluding carboxylic acids is 1. The minimum absolute atomic E-state index is 0.291. The first-order chi connectivity index (χ1) is 10.6. The van der Waals surface area contributed by atoms with Crippen molar-refractivity contribution in [3.63, 3.8) is 0 Å². The molecule has 0 radical (unpaired) electrons. The van der Waals surface area contributed by atoms with E-state index in [1.807, 2.05) is 23.6 Å². The molecule has 1 heterocycles. The number of benzene rings is 1. The third-order valence-corrected chi connectivity index (χ3v) is 5.50. The normalized spacial score (nSPS) is 14.3. The number of halogens is 2. The van der Waals surface area contributed by atoms with Gasteiger partial charge in [0.05, 0.1) is 10.7 Å². The number of Topliss-reactive ketones (excluding diaryl/α,β-unsaturated/α-hetero) is 1. The van der Waals surface area contributed by atoms with Crippen molar-refractivity contribution in [2.45, 2.75) is 38.5 Å². The van der Waals surface area contributed by atoms with E-state index in [-0.39, 0.29) is 0 Å². The maximum absolute atomic E-state index is 11.9. The summed E-state index contributed by atoms with van der Waals surface area (Å²) in [6.45, 7) is 0. The number of aromatic nitrogens is 1. The largest absolute Gasteiger partial charge is 0.299 e. The fourth-order valence-corrected chi connectivity index (χ4v) is 3.76. The lowest BCUT2D eigenvalue weighted by molar-refractivity contribution is -0.118. The van der Waals surface area contributed by atoms with E-state index in [4.69, 9.17) is 23.2 Å². The van der Waals surface area contributed by atoms with Crippen molar-refractivity contribution in [3.8, 4) is 0 Å². The summed E-state index contributed by atoms with van der Waals surface area (Å²) >= 11 is 13.9. The van der Waals surface area contributed by atoms with Crippen LogP contribution in [0.15, 0.2) is 23.6 Å². The van der Waals surface area contributed by atoms with Crippen LogP contribution in [-0.2, 0) is 17.6 Å². The molecule has 0 aliphatic heterocycles. The second-order valence-electron chi connectivity index (χ2n) is 5.81. The Morgan fingerprint density at radius 3 is 2.68 bits per heavy atom. The topological polar surface area (TPSA) is 30.0 Å². The first-order valence-electron chi connectivity index (χ1n) is 7.49. The van der Waals surface area contributed by atoms with Crippen LogP contribution in [0.2, 0.25) is 10.0 Å². The number of hydrogen-bond acceptors (Lipinski definition) is 3. The molecule has 2 aromatic rings. The maximum Gasteiger partial charge on any atom is 0.138 e. The van der Waals surface area contributed by atoms with Gasteiger partial charge in [-0.05, 0) is 30.0 Å². The van der Waals surface area contributed by atoms with Crippen molar-refractivity contribution in [1.29, 1.82) is 0 Å². The molecule has 1 saturated carbocycles. The van der Waals surface area contributed by atoms with Gasteiger partial charge in [-0.1, -0.05) is 42.1 Å². The summed E-state index contributed by atoms with van der Waals surface area (Å²) in [6.07, 6.45) is 5.39. The van der Waals surface area contributed by atoms with Crippen LogP contribution in [0.4, 0.5) is 0 Å². The average Bonchev–Trinajstić information content (AvgIpc) is 3.21. The highest BCUT2D eigenvalue weighted by Gasteiger charge is 2.22. The average molecular weight is 354 g/mol. The van der Waals surface area contributed by atoms with Crippen LogP contribution in [-0.4, -0.2) is 10.8 Å². The molecule has 2 nitrogen and oxygen atoms in total. The maximum atomic E-state index is 11.9. The van der Waals surface area contributed by atoms with Crippen LogP contribution in [0.1, 0.15) is 41.9 Å². The van der Waals surface area contributed by atoms with Crippen molar-refractivity contribution in [1.82, 2.24) is 4.98 Å². The van der Waals surface area contributed by atoms with Gasteiger partial charge in [0.25, 0.3) is 0 Å². The summed E-state index contributed by atoms with van der Waals surface area (Å²) in [4.78, 5) is 16.5. The first-order valence-corrected chi connectivity index (χ1v) is 9.13. The molecule has 1 aliphatic carbocycles. The molecular formula is C17H17Cl2NOS. The summed E-state index contributed by atoms with van der Waals surface area (Å²) < 4.78 is 0. The Balaban J connectivity index is 1.59. The molecule has 0 atom stereocenters. The van der Waals surface area contributed by atoms with Gasteiger partial charge in [-0.3, -0.25) is 4.79 Å². The molecule has 116 valence electrons. The van der Waals surface area contributed by atoms with Gasteiger partial charge < -0.3 is 0 Å². The Labute approximate surface area is 144 Å². The molecule has 0 saturated heterocycles. The Kier molecular flexibility index (Phi) is 5.17. The summed E-state index contributed by atoms with van der Waals surface area (Å²) in [6, 6.07) is 5.50. The van der Waals surface area contributed by atoms with E-state index in [0.717, 1.165) is 28.6 Å². The zero-order chi connectivity index (χ0) is 15.5. The highest BCUT2D eigenvalue weighted by Crippen LogP contribution is 2.33. The summed E-state index contributed by atoms with van der Waals surface area (Å²) in [5.41, 5.74) is 1.76. The van der Waals surface area contributed by atoms with Gasteiger partial charge >= 0.3 is 0 Å². The lowest BCUT2D eigenvalue weighted by atomic mass is 10.1. The van der Waals surface area contributed by atoms with E-state index in [9.17, 15) is 4.79 Å². The minimum Gasteiger partial charge on any atom is -0.299 e. The van der Waals surface area contributed by atoms with Gasteiger partial charge in [0, 0.05) is 34.7 Å². The van der Waals surface area contributed by atoms with E-state index in [1.165, 1.54) is 12.8 Å². The second-order valence-corrected chi connectivity index (χ2v) is 7.56. The number of carbonyl (C=O) groups is 1. The van der Waals surface area contributed by atoms with Gasteiger partial charge in [0.2, 0.25) is 0 Å². The lowest BCUT2D eigenvalue weighted by Gasteiger charge is -2.04. The van der Waals surface area contributed by atoms with Crippen LogP contribution in [0.3, 0.4) is 0 Å². The molecule has 22 heavy (non-hydrogen) atoms. The minimum atomic E-state index is 0.291. The smallest absolute Gasteiger partial charge is 0.138 e. The van der Waals surface area contributed by atoms with Crippen molar-refractivity contribution < 1.29 is 4.79 Å². The fourth-order valence-electron chi connectivity index (χ4n) is 2.43. The predicted octanol–water partition coefficient (Wildman–Crippen LogP) is 5.34. The third kappa shape index (κ3) is 4.31.